The summed E-state index contributed by atoms with van der Waals surface area (Å²) in [5.74, 6) is 0.670. The highest BCUT2D eigenvalue weighted by molar-refractivity contribution is 7.91. The highest BCUT2D eigenvalue weighted by Gasteiger charge is 2.29. The first-order valence-corrected chi connectivity index (χ1v) is 6.73. The number of rotatable bonds is 3. The lowest BCUT2D eigenvalue weighted by atomic mass is 10.2. The molecule has 0 radical (unpaired) electrons. The van der Waals surface area contributed by atoms with Gasteiger partial charge in [0.25, 0.3) is 0 Å². The number of anilines is 1. The van der Waals surface area contributed by atoms with Crippen LogP contribution in [0, 0.1) is 12.8 Å². The van der Waals surface area contributed by atoms with E-state index in [2.05, 4.69) is 0 Å². The Labute approximate surface area is 90.2 Å². The smallest absolute Gasteiger partial charge is 0.178 e. The molecule has 2 rings (SSSR count). The average Bonchev–Trinajstić information content (AvgIpc) is 2.92. The fourth-order valence-corrected chi connectivity index (χ4v) is 3.31. The summed E-state index contributed by atoms with van der Waals surface area (Å²) in [6.45, 7) is 1.82. The number of nitrogen functional groups attached to an aromatic ring is 1. The van der Waals surface area contributed by atoms with Crippen molar-refractivity contribution in [2.45, 2.75) is 24.7 Å². The van der Waals surface area contributed by atoms with E-state index in [9.17, 15) is 8.42 Å². The van der Waals surface area contributed by atoms with E-state index in [1.165, 1.54) is 0 Å². The van der Waals surface area contributed by atoms with E-state index in [0.29, 0.717) is 16.5 Å². The minimum atomic E-state index is -3.09. The van der Waals surface area contributed by atoms with Crippen LogP contribution in [0.4, 0.5) is 5.69 Å². The van der Waals surface area contributed by atoms with Crippen LogP contribution in [0.15, 0.2) is 23.1 Å². The van der Waals surface area contributed by atoms with Gasteiger partial charge in [0, 0.05) is 5.69 Å². The molecule has 15 heavy (non-hydrogen) atoms. The Hall–Kier alpha value is -1.03. The molecule has 1 fully saturated rings. The van der Waals surface area contributed by atoms with E-state index in [1.54, 1.807) is 18.2 Å². The van der Waals surface area contributed by atoms with Gasteiger partial charge in [0.2, 0.25) is 0 Å². The van der Waals surface area contributed by atoms with Gasteiger partial charge in [-0.15, -0.1) is 0 Å². The quantitative estimate of drug-likeness (QED) is 0.797. The predicted molar refractivity (Wildman–Crippen MR) is 60.4 cm³/mol. The van der Waals surface area contributed by atoms with Gasteiger partial charge in [-0.05, 0) is 49.4 Å². The van der Waals surface area contributed by atoms with Crippen LogP contribution < -0.4 is 5.73 Å². The summed E-state index contributed by atoms with van der Waals surface area (Å²) < 4.78 is 23.8. The third-order valence-corrected chi connectivity index (χ3v) is 4.63. The van der Waals surface area contributed by atoms with Crippen LogP contribution in [-0.4, -0.2) is 14.2 Å². The van der Waals surface area contributed by atoms with Crippen LogP contribution in [0.1, 0.15) is 18.4 Å². The minimum absolute atomic E-state index is 0.288. The van der Waals surface area contributed by atoms with Gasteiger partial charge < -0.3 is 5.73 Å². The van der Waals surface area contributed by atoms with Crippen molar-refractivity contribution in [3.8, 4) is 0 Å². The zero-order valence-corrected chi connectivity index (χ0v) is 9.55. The molecule has 3 nitrogen and oxygen atoms in total. The van der Waals surface area contributed by atoms with Crippen LogP contribution >= 0.6 is 0 Å². The maximum atomic E-state index is 11.9. The zero-order valence-electron chi connectivity index (χ0n) is 8.73. The molecule has 0 amide bonds. The number of nitrogens with two attached hydrogens (primary N) is 1. The normalized spacial score (nSPS) is 16.6. The van der Waals surface area contributed by atoms with Crippen LogP contribution in [-0.2, 0) is 9.84 Å². The molecule has 0 bridgehead atoms. The number of hydrogen-bond acceptors (Lipinski definition) is 3. The molecule has 0 aromatic heterocycles. The van der Waals surface area contributed by atoms with Crippen LogP contribution in [0.2, 0.25) is 0 Å². The Kier molecular flexibility index (Phi) is 2.46. The fourth-order valence-electron chi connectivity index (χ4n) is 1.53. The molecule has 0 heterocycles. The van der Waals surface area contributed by atoms with E-state index in [0.717, 1.165) is 18.4 Å². The third-order valence-electron chi connectivity index (χ3n) is 2.75. The van der Waals surface area contributed by atoms with Gasteiger partial charge in [-0.2, -0.15) is 0 Å². The first-order valence-electron chi connectivity index (χ1n) is 5.08. The number of benzene rings is 1. The zero-order chi connectivity index (χ0) is 11.1. The fraction of sp³-hybridized carbons (Fsp3) is 0.455. The second-order valence-corrected chi connectivity index (χ2v) is 6.28. The van der Waals surface area contributed by atoms with Crippen molar-refractivity contribution in [3.63, 3.8) is 0 Å². The average molecular weight is 225 g/mol. The lowest BCUT2D eigenvalue weighted by Gasteiger charge is -2.06. The maximum absolute atomic E-state index is 11.9. The molecule has 0 atom stereocenters. The topological polar surface area (TPSA) is 60.2 Å². The maximum Gasteiger partial charge on any atom is 0.178 e. The summed E-state index contributed by atoms with van der Waals surface area (Å²) in [5, 5.41) is 0. The predicted octanol–water partition coefficient (Wildman–Crippen LogP) is 1.76. The number of hydrogen-bond donors (Lipinski definition) is 1. The molecule has 1 saturated carbocycles. The van der Waals surface area contributed by atoms with Crippen LogP contribution in [0.3, 0.4) is 0 Å². The highest BCUT2D eigenvalue weighted by atomic mass is 32.2. The van der Waals surface area contributed by atoms with Gasteiger partial charge in [-0.1, -0.05) is 0 Å². The van der Waals surface area contributed by atoms with Crippen molar-refractivity contribution in [2.24, 2.45) is 5.92 Å². The summed E-state index contributed by atoms with van der Waals surface area (Å²) >= 11 is 0. The van der Waals surface area contributed by atoms with Crippen molar-refractivity contribution >= 4 is 15.5 Å². The van der Waals surface area contributed by atoms with Gasteiger partial charge in [0.1, 0.15) is 0 Å². The molecule has 1 aliphatic carbocycles. The first kappa shape index (κ1) is 10.5. The Morgan fingerprint density at radius 3 is 2.60 bits per heavy atom. The van der Waals surface area contributed by atoms with Crippen LogP contribution in [0.5, 0.6) is 0 Å². The monoisotopic (exact) mass is 225 g/mol. The highest BCUT2D eigenvalue weighted by Crippen LogP contribution is 2.32. The van der Waals surface area contributed by atoms with Gasteiger partial charge >= 0.3 is 0 Å². The lowest BCUT2D eigenvalue weighted by Crippen LogP contribution is -2.08. The Morgan fingerprint density at radius 1 is 1.40 bits per heavy atom. The molecule has 2 N–H and O–H groups in total. The van der Waals surface area contributed by atoms with Crippen molar-refractivity contribution in [1.82, 2.24) is 0 Å². The lowest BCUT2D eigenvalue weighted by molar-refractivity contribution is 0.592. The molecule has 0 saturated heterocycles. The van der Waals surface area contributed by atoms with Gasteiger partial charge in [-0.25, -0.2) is 8.42 Å². The summed E-state index contributed by atoms with van der Waals surface area (Å²) in [5.41, 5.74) is 7.12. The SMILES string of the molecule is Cc1cc(S(=O)(=O)CC2CC2)ccc1N. The van der Waals surface area contributed by atoms with Gasteiger partial charge in [0.15, 0.2) is 9.84 Å². The molecule has 1 aromatic carbocycles. The standard InChI is InChI=1S/C11H15NO2S/c1-8-6-10(4-5-11(8)12)15(13,14)7-9-2-3-9/h4-6,9H,2-3,7,12H2,1H3. The molecular formula is C11H15NO2S. The number of aryl methyl sites for hydroxylation is 1. The van der Waals surface area contributed by atoms with Crippen molar-refractivity contribution in [1.29, 1.82) is 0 Å². The van der Waals surface area contributed by atoms with E-state index in [4.69, 9.17) is 5.73 Å². The van der Waals surface area contributed by atoms with E-state index >= 15 is 0 Å². The molecular weight excluding hydrogens is 210 g/mol. The summed E-state index contributed by atoms with van der Waals surface area (Å²) in [6, 6.07) is 4.92. The third kappa shape index (κ3) is 2.31. The Morgan fingerprint density at radius 2 is 2.07 bits per heavy atom. The van der Waals surface area contributed by atoms with Gasteiger partial charge in [0.05, 0.1) is 10.6 Å². The largest absolute Gasteiger partial charge is 0.399 e. The molecule has 0 unspecified atom stereocenters. The molecule has 1 aliphatic rings. The number of sulfone groups is 1. The van der Waals surface area contributed by atoms with Crippen molar-refractivity contribution < 1.29 is 8.42 Å². The van der Waals surface area contributed by atoms with Crippen molar-refractivity contribution in [2.75, 3.05) is 11.5 Å². The van der Waals surface area contributed by atoms with E-state index in [-0.39, 0.29) is 5.75 Å². The second kappa shape index (κ2) is 3.52. The van der Waals surface area contributed by atoms with Crippen molar-refractivity contribution in [3.05, 3.63) is 23.8 Å². The summed E-state index contributed by atoms with van der Waals surface area (Å²) in [4.78, 5) is 0.404. The second-order valence-electron chi connectivity index (χ2n) is 4.24. The summed E-state index contributed by atoms with van der Waals surface area (Å²) in [7, 11) is -3.09. The minimum Gasteiger partial charge on any atom is -0.399 e. The molecule has 1 aromatic rings. The summed E-state index contributed by atoms with van der Waals surface area (Å²) in [6.07, 6.45) is 2.10. The van der Waals surface area contributed by atoms with E-state index in [1.807, 2.05) is 6.92 Å². The Balaban J connectivity index is 2.31. The molecule has 82 valence electrons. The Bertz CT molecular complexity index is 475. The first-order chi connectivity index (χ1) is 6.99. The van der Waals surface area contributed by atoms with E-state index < -0.39 is 9.84 Å². The molecule has 4 heteroatoms. The molecule has 0 aliphatic heterocycles. The van der Waals surface area contributed by atoms with Crippen LogP contribution in [0.25, 0.3) is 0 Å². The molecule has 0 spiro atoms. The van der Waals surface area contributed by atoms with Gasteiger partial charge in [-0.3, -0.25) is 0 Å².